The van der Waals surface area contributed by atoms with Crippen molar-refractivity contribution in [2.24, 2.45) is 5.73 Å². The average Bonchev–Trinajstić information content (AvgIpc) is 2.27. The molecule has 0 aliphatic heterocycles. The Morgan fingerprint density at radius 1 is 1.40 bits per heavy atom. The van der Waals surface area contributed by atoms with Crippen LogP contribution in [0, 0.1) is 5.82 Å². The first-order valence-electron chi connectivity index (χ1n) is 5.53. The van der Waals surface area contributed by atoms with Crippen LogP contribution in [0.3, 0.4) is 0 Å². The number of halogens is 5. The van der Waals surface area contributed by atoms with Crippen LogP contribution in [-0.4, -0.2) is 12.6 Å². The predicted molar refractivity (Wildman–Crippen MR) is 66.8 cm³/mol. The summed E-state index contributed by atoms with van der Waals surface area (Å²) in [5, 5.41) is 0. The zero-order chi connectivity index (χ0) is 14.6. The number of hydrogen-bond acceptors (Lipinski definition) is 3. The number of carbonyl (C=O) groups is 1. The molecule has 0 saturated heterocycles. The molecule has 3 nitrogen and oxygen atoms in total. The molecule has 0 saturated carbocycles. The molecule has 0 aliphatic carbocycles. The smallest absolute Gasteiger partial charge is 0.416 e. The van der Waals surface area contributed by atoms with E-state index in [1.807, 2.05) is 0 Å². The Bertz CT molecular complexity index is 465. The minimum absolute atomic E-state index is 0. The first-order valence-corrected chi connectivity index (χ1v) is 5.53. The molecular weight excluding hydrogens is 302 g/mol. The lowest BCUT2D eigenvalue weighted by Gasteiger charge is -2.14. The molecule has 0 amide bonds. The van der Waals surface area contributed by atoms with Gasteiger partial charge in [0.1, 0.15) is 5.82 Å². The van der Waals surface area contributed by atoms with Crippen LogP contribution in [-0.2, 0) is 15.7 Å². The van der Waals surface area contributed by atoms with Gasteiger partial charge in [-0.15, -0.1) is 12.4 Å². The van der Waals surface area contributed by atoms with Crippen LogP contribution in [0.25, 0.3) is 0 Å². The van der Waals surface area contributed by atoms with Crippen molar-refractivity contribution in [3.63, 3.8) is 0 Å². The first kappa shape index (κ1) is 18.7. The molecule has 8 heteroatoms. The molecule has 0 aliphatic rings. The molecule has 1 aromatic carbocycles. The maximum absolute atomic E-state index is 13.5. The second-order valence-electron chi connectivity index (χ2n) is 3.85. The highest BCUT2D eigenvalue weighted by atomic mass is 35.5. The Balaban J connectivity index is 0.00000361. The standard InChI is InChI=1S/C12H13F4NO2.ClH/c1-2-19-11(18)6-10(17)8-4-3-7(5-9(8)13)12(14,15)16;/h3-5,10H,2,6,17H2,1H3;1H/t10-;/m1./s1. The molecule has 114 valence electrons. The van der Waals surface area contributed by atoms with Crippen molar-refractivity contribution in [1.29, 1.82) is 0 Å². The second-order valence-corrected chi connectivity index (χ2v) is 3.85. The molecule has 0 unspecified atom stereocenters. The molecule has 20 heavy (non-hydrogen) atoms. The molecule has 2 N–H and O–H groups in total. The summed E-state index contributed by atoms with van der Waals surface area (Å²) in [6, 6.07) is 0.979. The molecular formula is C12H14ClF4NO2. The average molecular weight is 316 g/mol. The number of hydrogen-bond donors (Lipinski definition) is 1. The van der Waals surface area contributed by atoms with Crippen molar-refractivity contribution in [3.05, 3.63) is 35.1 Å². The van der Waals surface area contributed by atoms with E-state index in [4.69, 9.17) is 5.73 Å². The quantitative estimate of drug-likeness (QED) is 0.685. The lowest BCUT2D eigenvalue weighted by atomic mass is 10.0. The summed E-state index contributed by atoms with van der Waals surface area (Å²) >= 11 is 0. The number of carbonyl (C=O) groups excluding carboxylic acids is 1. The van der Waals surface area contributed by atoms with Gasteiger partial charge in [0.2, 0.25) is 0 Å². The maximum atomic E-state index is 13.5. The van der Waals surface area contributed by atoms with Gasteiger partial charge < -0.3 is 10.5 Å². The monoisotopic (exact) mass is 315 g/mol. The highest BCUT2D eigenvalue weighted by Gasteiger charge is 2.31. The van der Waals surface area contributed by atoms with Crippen molar-refractivity contribution < 1.29 is 27.1 Å². The van der Waals surface area contributed by atoms with E-state index in [-0.39, 0.29) is 31.0 Å². The third-order valence-corrected chi connectivity index (χ3v) is 2.42. The van der Waals surface area contributed by atoms with Crippen LogP contribution in [0.2, 0.25) is 0 Å². The van der Waals surface area contributed by atoms with Crippen molar-refractivity contribution in [3.8, 4) is 0 Å². The van der Waals surface area contributed by atoms with Crippen LogP contribution < -0.4 is 5.73 Å². The van der Waals surface area contributed by atoms with Gasteiger partial charge in [-0.3, -0.25) is 4.79 Å². The highest BCUT2D eigenvalue weighted by molar-refractivity contribution is 5.85. The summed E-state index contributed by atoms with van der Waals surface area (Å²) in [7, 11) is 0. The topological polar surface area (TPSA) is 52.3 Å². The summed E-state index contributed by atoms with van der Waals surface area (Å²) in [4.78, 5) is 11.2. The van der Waals surface area contributed by atoms with E-state index < -0.39 is 29.6 Å². The van der Waals surface area contributed by atoms with E-state index >= 15 is 0 Å². The van der Waals surface area contributed by atoms with E-state index in [1.165, 1.54) is 0 Å². The first-order chi connectivity index (χ1) is 8.75. The zero-order valence-corrected chi connectivity index (χ0v) is 11.4. The minimum atomic E-state index is -4.62. The molecule has 0 radical (unpaired) electrons. The number of rotatable bonds is 4. The predicted octanol–water partition coefficient (Wildman–Crippen LogP) is 3.22. The minimum Gasteiger partial charge on any atom is -0.466 e. The molecule has 0 heterocycles. The largest absolute Gasteiger partial charge is 0.466 e. The van der Waals surface area contributed by atoms with E-state index in [2.05, 4.69) is 4.74 Å². The van der Waals surface area contributed by atoms with Crippen LogP contribution >= 0.6 is 12.4 Å². The van der Waals surface area contributed by atoms with Crippen molar-refractivity contribution in [2.45, 2.75) is 25.6 Å². The fourth-order valence-electron chi connectivity index (χ4n) is 1.51. The molecule has 0 bridgehead atoms. The Morgan fingerprint density at radius 3 is 2.45 bits per heavy atom. The summed E-state index contributed by atoms with van der Waals surface area (Å²) in [6.45, 7) is 1.75. The molecule has 1 aromatic rings. The molecule has 0 fully saturated rings. The normalized spacial score (nSPS) is 12.5. The lowest BCUT2D eigenvalue weighted by molar-refractivity contribution is -0.143. The van der Waals surface area contributed by atoms with Gasteiger partial charge in [0.05, 0.1) is 18.6 Å². The van der Waals surface area contributed by atoms with Crippen LogP contribution in [0.15, 0.2) is 18.2 Å². The van der Waals surface area contributed by atoms with Gasteiger partial charge in [-0.2, -0.15) is 13.2 Å². The third kappa shape index (κ3) is 4.97. The molecule has 0 spiro atoms. The van der Waals surface area contributed by atoms with E-state index in [0.717, 1.165) is 12.1 Å². The van der Waals surface area contributed by atoms with Gasteiger partial charge in [-0.05, 0) is 19.1 Å². The maximum Gasteiger partial charge on any atom is 0.416 e. The molecule has 1 atom stereocenters. The molecule has 0 aromatic heterocycles. The Kier molecular flexibility index (Phi) is 6.95. The highest BCUT2D eigenvalue weighted by Crippen LogP contribution is 2.31. The van der Waals surface area contributed by atoms with Crippen LogP contribution in [0.1, 0.15) is 30.5 Å². The number of esters is 1. The number of alkyl halides is 3. The van der Waals surface area contributed by atoms with Gasteiger partial charge in [0, 0.05) is 11.6 Å². The van der Waals surface area contributed by atoms with Gasteiger partial charge in [0.25, 0.3) is 0 Å². The van der Waals surface area contributed by atoms with Crippen LogP contribution in [0.4, 0.5) is 17.6 Å². The fourth-order valence-corrected chi connectivity index (χ4v) is 1.51. The summed E-state index contributed by atoms with van der Waals surface area (Å²) in [5.74, 6) is -1.72. The fraction of sp³-hybridized carbons (Fsp3) is 0.417. The summed E-state index contributed by atoms with van der Waals surface area (Å²) < 4.78 is 55.2. The Labute approximate surface area is 119 Å². The number of nitrogens with two attached hydrogens (primary N) is 1. The second kappa shape index (κ2) is 7.44. The van der Waals surface area contributed by atoms with Gasteiger partial charge in [-0.25, -0.2) is 4.39 Å². The van der Waals surface area contributed by atoms with Gasteiger partial charge in [0.15, 0.2) is 0 Å². The van der Waals surface area contributed by atoms with Crippen molar-refractivity contribution in [1.82, 2.24) is 0 Å². The van der Waals surface area contributed by atoms with Gasteiger partial charge >= 0.3 is 12.1 Å². The Hall–Kier alpha value is -1.34. The van der Waals surface area contributed by atoms with Crippen molar-refractivity contribution in [2.75, 3.05) is 6.61 Å². The third-order valence-electron chi connectivity index (χ3n) is 2.42. The lowest BCUT2D eigenvalue weighted by Crippen LogP contribution is -2.19. The van der Waals surface area contributed by atoms with Crippen LogP contribution in [0.5, 0.6) is 0 Å². The Morgan fingerprint density at radius 2 is 2.00 bits per heavy atom. The van der Waals surface area contributed by atoms with E-state index in [9.17, 15) is 22.4 Å². The SMILES string of the molecule is CCOC(=O)C[C@@H](N)c1ccc(C(F)(F)F)cc1F.Cl. The summed E-state index contributed by atoms with van der Waals surface area (Å²) in [5.41, 5.74) is 4.31. The van der Waals surface area contributed by atoms with E-state index in [1.54, 1.807) is 6.92 Å². The van der Waals surface area contributed by atoms with E-state index in [0.29, 0.717) is 6.07 Å². The van der Waals surface area contributed by atoms with Gasteiger partial charge in [-0.1, -0.05) is 6.07 Å². The van der Waals surface area contributed by atoms with Crippen molar-refractivity contribution >= 4 is 18.4 Å². The number of benzene rings is 1. The number of ether oxygens (including phenoxy) is 1. The summed E-state index contributed by atoms with van der Waals surface area (Å²) in [6.07, 6.45) is -4.92. The molecule has 1 rings (SSSR count). The zero-order valence-electron chi connectivity index (χ0n) is 10.5.